The van der Waals surface area contributed by atoms with Crippen molar-refractivity contribution in [3.8, 4) is 0 Å². The van der Waals surface area contributed by atoms with Gasteiger partial charge in [-0.05, 0) is 31.3 Å². The van der Waals surface area contributed by atoms with E-state index in [9.17, 15) is 13.6 Å². The lowest BCUT2D eigenvalue weighted by atomic mass is 10.3. The third-order valence-electron chi connectivity index (χ3n) is 4.57. The van der Waals surface area contributed by atoms with Crippen LogP contribution in [0.15, 0.2) is 47.4 Å². The molecule has 0 saturated heterocycles. The number of amides is 1. The first kappa shape index (κ1) is 24.5. The summed E-state index contributed by atoms with van der Waals surface area (Å²) in [5.41, 5.74) is 0.0998. The maximum absolute atomic E-state index is 14.1. The van der Waals surface area contributed by atoms with Crippen LogP contribution in [0.25, 0.3) is 10.2 Å². The number of aromatic nitrogens is 1. The molecular formula is C21H24ClF2N3OS2. The molecule has 2 aromatic carbocycles. The van der Waals surface area contributed by atoms with Gasteiger partial charge in [0, 0.05) is 24.1 Å². The molecule has 30 heavy (non-hydrogen) atoms. The van der Waals surface area contributed by atoms with Gasteiger partial charge in [-0.1, -0.05) is 43.4 Å². The van der Waals surface area contributed by atoms with E-state index < -0.39 is 11.6 Å². The second-order valence-corrected chi connectivity index (χ2v) is 8.46. The Hall–Kier alpha value is -1.74. The maximum Gasteiger partial charge on any atom is 0.239 e. The van der Waals surface area contributed by atoms with Crippen molar-refractivity contribution >= 4 is 56.8 Å². The van der Waals surface area contributed by atoms with Crippen LogP contribution >= 0.6 is 35.5 Å². The Morgan fingerprint density at radius 2 is 1.80 bits per heavy atom. The van der Waals surface area contributed by atoms with Crippen LogP contribution in [-0.2, 0) is 4.79 Å². The summed E-state index contributed by atoms with van der Waals surface area (Å²) in [4.78, 5) is 22.1. The highest BCUT2D eigenvalue weighted by atomic mass is 35.5. The van der Waals surface area contributed by atoms with Gasteiger partial charge < -0.3 is 4.90 Å². The van der Waals surface area contributed by atoms with Crippen molar-refractivity contribution in [3.05, 3.63) is 54.1 Å². The van der Waals surface area contributed by atoms with Gasteiger partial charge in [-0.15, -0.1) is 24.2 Å². The highest BCUT2D eigenvalue weighted by Gasteiger charge is 2.22. The van der Waals surface area contributed by atoms with E-state index in [1.54, 1.807) is 4.90 Å². The molecule has 0 aliphatic carbocycles. The first-order chi connectivity index (χ1) is 14.0. The van der Waals surface area contributed by atoms with Crippen LogP contribution < -0.4 is 4.90 Å². The molecule has 1 amide bonds. The van der Waals surface area contributed by atoms with Crippen LogP contribution in [0.3, 0.4) is 0 Å². The fraction of sp³-hybridized carbons (Fsp3) is 0.333. The van der Waals surface area contributed by atoms with Crippen molar-refractivity contribution in [2.45, 2.75) is 18.7 Å². The number of thiazole rings is 1. The molecule has 0 fully saturated rings. The summed E-state index contributed by atoms with van der Waals surface area (Å²) in [6, 6.07) is 11.8. The molecule has 3 aromatic rings. The highest BCUT2D eigenvalue weighted by molar-refractivity contribution is 8.00. The quantitative estimate of drug-likeness (QED) is 0.388. The zero-order chi connectivity index (χ0) is 20.8. The first-order valence-electron chi connectivity index (χ1n) is 9.48. The summed E-state index contributed by atoms with van der Waals surface area (Å²) in [7, 11) is 0. The van der Waals surface area contributed by atoms with Crippen LogP contribution in [0.1, 0.15) is 13.8 Å². The van der Waals surface area contributed by atoms with Gasteiger partial charge in [-0.25, -0.2) is 13.8 Å². The molecule has 0 aliphatic rings. The van der Waals surface area contributed by atoms with Gasteiger partial charge in [0.1, 0.15) is 11.3 Å². The Kier molecular flexibility index (Phi) is 9.48. The highest BCUT2D eigenvalue weighted by Crippen LogP contribution is 2.32. The lowest BCUT2D eigenvalue weighted by molar-refractivity contribution is -0.116. The number of rotatable bonds is 9. The first-order valence-corrected chi connectivity index (χ1v) is 11.3. The number of carbonyl (C=O) groups excluding carboxylic acids is 1. The molecule has 0 N–H and O–H groups in total. The van der Waals surface area contributed by atoms with Gasteiger partial charge in [-0.3, -0.25) is 9.69 Å². The van der Waals surface area contributed by atoms with Gasteiger partial charge >= 0.3 is 0 Å². The van der Waals surface area contributed by atoms with E-state index in [2.05, 4.69) is 23.7 Å². The van der Waals surface area contributed by atoms with Crippen molar-refractivity contribution in [2.75, 3.05) is 36.8 Å². The summed E-state index contributed by atoms with van der Waals surface area (Å²) >= 11 is 2.58. The normalized spacial score (nSPS) is 11.0. The summed E-state index contributed by atoms with van der Waals surface area (Å²) in [6.45, 7) is 7.00. The van der Waals surface area contributed by atoms with Crippen LogP contribution in [-0.4, -0.2) is 47.7 Å². The number of anilines is 1. The third kappa shape index (κ3) is 6.14. The van der Waals surface area contributed by atoms with Gasteiger partial charge in [0.2, 0.25) is 5.91 Å². The second kappa shape index (κ2) is 11.6. The molecule has 4 nitrogen and oxygen atoms in total. The SMILES string of the molecule is CCN(CC)CCN(C(=O)CSc1ccccc1)c1nc2c(F)cc(F)cc2s1.Cl. The molecule has 0 saturated carbocycles. The Labute approximate surface area is 189 Å². The summed E-state index contributed by atoms with van der Waals surface area (Å²) in [6.07, 6.45) is 0. The molecule has 1 heterocycles. The van der Waals surface area contributed by atoms with E-state index in [1.807, 2.05) is 30.3 Å². The van der Waals surface area contributed by atoms with Crippen molar-refractivity contribution in [1.29, 1.82) is 0 Å². The Morgan fingerprint density at radius 1 is 1.10 bits per heavy atom. The number of fused-ring (bicyclic) bond motifs is 1. The van der Waals surface area contributed by atoms with Crippen molar-refractivity contribution < 1.29 is 13.6 Å². The predicted octanol–water partition coefficient (Wildman–Crippen LogP) is 5.46. The molecule has 0 atom stereocenters. The minimum atomic E-state index is -0.711. The summed E-state index contributed by atoms with van der Waals surface area (Å²) in [5, 5.41) is 0.398. The fourth-order valence-electron chi connectivity index (χ4n) is 2.91. The van der Waals surface area contributed by atoms with Crippen LogP contribution in [0.5, 0.6) is 0 Å². The Bertz CT molecular complexity index is 968. The van der Waals surface area contributed by atoms with Crippen molar-refractivity contribution in [2.24, 2.45) is 0 Å². The van der Waals surface area contributed by atoms with Crippen LogP contribution in [0, 0.1) is 11.6 Å². The van der Waals surface area contributed by atoms with Crippen molar-refractivity contribution in [3.63, 3.8) is 0 Å². The van der Waals surface area contributed by atoms with Crippen LogP contribution in [0.2, 0.25) is 0 Å². The molecule has 3 rings (SSSR count). The minimum Gasteiger partial charge on any atom is -0.302 e. The zero-order valence-electron chi connectivity index (χ0n) is 16.8. The number of nitrogens with zero attached hydrogens (tertiary/aromatic N) is 3. The smallest absolute Gasteiger partial charge is 0.239 e. The molecule has 0 radical (unpaired) electrons. The molecule has 1 aromatic heterocycles. The second-order valence-electron chi connectivity index (χ2n) is 6.40. The number of thioether (sulfide) groups is 1. The van der Waals surface area contributed by atoms with Crippen LogP contribution in [0.4, 0.5) is 13.9 Å². The van der Waals surface area contributed by atoms with E-state index in [-0.39, 0.29) is 29.6 Å². The zero-order valence-corrected chi connectivity index (χ0v) is 19.3. The van der Waals surface area contributed by atoms with Crippen molar-refractivity contribution in [1.82, 2.24) is 9.88 Å². The number of hydrogen-bond donors (Lipinski definition) is 0. The van der Waals surface area contributed by atoms with E-state index in [4.69, 9.17) is 0 Å². The lowest BCUT2D eigenvalue weighted by Gasteiger charge is -2.24. The topological polar surface area (TPSA) is 36.4 Å². The molecule has 0 aliphatic heterocycles. The summed E-state index contributed by atoms with van der Waals surface area (Å²) in [5.74, 6) is -1.22. The Balaban J connectivity index is 0.00000320. The van der Waals surface area contributed by atoms with E-state index in [1.165, 1.54) is 17.8 Å². The average Bonchev–Trinajstić information content (AvgIpc) is 3.14. The molecule has 9 heteroatoms. The van der Waals surface area contributed by atoms with Gasteiger partial charge in [0.05, 0.1) is 10.5 Å². The number of halogens is 3. The fourth-order valence-corrected chi connectivity index (χ4v) is 4.75. The molecular weight excluding hydrogens is 448 g/mol. The minimum absolute atomic E-state index is 0. The predicted molar refractivity (Wildman–Crippen MR) is 124 cm³/mol. The van der Waals surface area contributed by atoms with E-state index in [0.29, 0.717) is 22.9 Å². The number of likely N-dealkylation sites (N-methyl/N-ethyl adjacent to an activating group) is 1. The molecule has 162 valence electrons. The maximum atomic E-state index is 14.1. The van der Waals surface area contributed by atoms with Gasteiger partial charge in [0.25, 0.3) is 0 Å². The largest absolute Gasteiger partial charge is 0.302 e. The average molecular weight is 472 g/mol. The molecule has 0 unspecified atom stereocenters. The third-order valence-corrected chi connectivity index (χ3v) is 6.60. The monoisotopic (exact) mass is 471 g/mol. The van der Waals surface area contributed by atoms with E-state index in [0.717, 1.165) is 35.4 Å². The van der Waals surface area contributed by atoms with E-state index >= 15 is 0 Å². The number of benzene rings is 2. The number of hydrogen-bond acceptors (Lipinski definition) is 5. The Morgan fingerprint density at radius 3 is 2.47 bits per heavy atom. The van der Waals surface area contributed by atoms with Gasteiger partial charge in [0.15, 0.2) is 10.9 Å². The molecule has 0 spiro atoms. The lowest BCUT2D eigenvalue weighted by Crippen LogP contribution is -2.39. The molecule has 0 bridgehead atoms. The standard InChI is InChI=1S/C21H23F2N3OS2.ClH/c1-3-25(4-2)10-11-26(19(27)14-28-16-8-6-5-7-9-16)21-24-20-17(23)12-15(22)13-18(20)29-21;/h5-9,12-13H,3-4,10-11,14H2,1-2H3;1H. The summed E-state index contributed by atoms with van der Waals surface area (Å²) < 4.78 is 28.1. The number of carbonyl (C=O) groups is 1. The van der Waals surface area contributed by atoms with Gasteiger partial charge in [-0.2, -0.15) is 0 Å².